The molecule has 2 amide bonds. The van der Waals surface area contributed by atoms with Gasteiger partial charge in [-0.25, -0.2) is 0 Å². The lowest BCUT2D eigenvalue weighted by atomic mass is 10.2. The Bertz CT molecular complexity index is 519. The number of hydrogen-bond donors (Lipinski definition) is 2. The van der Waals surface area contributed by atoms with E-state index in [9.17, 15) is 9.59 Å². The number of fused-ring (bicyclic) bond motifs is 1. The van der Waals surface area contributed by atoms with Crippen LogP contribution in [-0.2, 0) is 9.59 Å². The first kappa shape index (κ1) is 15.3. The molecule has 0 aromatic heterocycles. The second-order valence-electron chi connectivity index (χ2n) is 5.20. The molecule has 1 aromatic carbocycles. The highest BCUT2D eigenvalue weighted by Crippen LogP contribution is 2.31. The van der Waals surface area contributed by atoms with Gasteiger partial charge in [-0.3, -0.25) is 9.59 Å². The molecule has 3 N–H and O–H groups in total. The van der Waals surface area contributed by atoms with Crippen molar-refractivity contribution < 1.29 is 14.3 Å². The number of nitrogens with zero attached hydrogens (tertiary/aromatic N) is 1. The first-order chi connectivity index (χ1) is 10.1. The molecule has 0 bridgehead atoms. The summed E-state index contributed by atoms with van der Waals surface area (Å²) in [7, 11) is 0. The predicted molar refractivity (Wildman–Crippen MR) is 80.1 cm³/mol. The fourth-order valence-electron chi connectivity index (χ4n) is 2.07. The van der Waals surface area contributed by atoms with E-state index in [-0.39, 0.29) is 30.8 Å². The molecule has 6 heteroatoms. The van der Waals surface area contributed by atoms with Gasteiger partial charge in [-0.15, -0.1) is 0 Å². The second-order valence-corrected chi connectivity index (χ2v) is 5.20. The molecule has 0 radical (unpaired) electrons. The number of carbonyl (C=O) groups is 2. The fourth-order valence-corrected chi connectivity index (χ4v) is 2.07. The van der Waals surface area contributed by atoms with E-state index in [2.05, 4.69) is 5.32 Å². The van der Waals surface area contributed by atoms with E-state index < -0.39 is 0 Å². The van der Waals surface area contributed by atoms with Crippen LogP contribution in [0.1, 0.15) is 13.3 Å². The summed E-state index contributed by atoms with van der Waals surface area (Å²) in [4.78, 5) is 25.3. The normalized spacial score (nSPS) is 15.1. The molecule has 2 rings (SSSR count). The van der Waals surface area contributed by atoms with Crippen LogP contribution in [0.5, 0.6) is 5.75 Å². The summed E-state index contributed by atoms with van der Waals surface area (Å²) < 4.78 is 5.36. The van der Waals surface area contributed by atoms with Crippen LogP contribution in [0.15, 0.2) is 24.3 Å². The SMILES string of the molecule is CC(CN)CNC(=O)CCN1C(=O)COc2ccccc21. The lowest BCUT2D eigenvalue weighted by Gasteiger charge is -2.29. The van der Waals surface area contributed by atoms with E-state index in [0.717, 1.165) is 5.69 Å². The molecule has 1 atom stereocenters. The molecular formula is C15H21N3O3. The Labute approximate surface area is 124 Å². The van der Waals surface area contributed by atoms with Gasteiger partial charge in [-0.2, -0.15) is 0 Å². The molecule has 0 saturated heterocycles. The number of para-hydroxylation sites is 2. The zero-order valence-electron chi connectivity index (χ0n) is 12.2. The number of benzene rings is 1. The quantitative estimate of drug-likeness (QED) is 0.800. The fraction of sp³-hybridized carbons (Fsp3) is 0.467. The third-order valence-corrected chi connectivity index (χ3v) is 3.42. The summed E-state index contributed by atoms with van der Waals surface area (Å²) in [5.41, 5.74) is 6.22. The average molecular weight is 291 g/mol. The van der Waals surface area contributed by atoms with Crippen molar-refractivity contribution in [1.29, 1.82) is 0 Å². The minimum atomic E-state index is -0.128. The molecule has 0 fully saturated rings. The van der Waals surface area contributed by atoms with Crippen molar-refractivity contribution in [3.8, 4) is 5.75 Å². The van der Waals surface area contributed by atoms with Crippen molar-refractivity contribution in [2.24, 2.45) is 11.7 Å². The van der Waals surface area contributed by atoms with Crippen molar-refractivity contribution >= 4 is 17.5 Å². The molecule has 21 heavy (non-hydrogen) atoms. The number of carbonyl (C=O) groups excluding carboxylic acids is 2. The third-order valence-electron chi connectivity index (χ3n) is 3.42. The van der Waals surface area contributed by atoms with Crippen LogP contribution < -0.4 is 20.7 Å². The van der Waals surface area contributed by atoms with Crippen LogP contribution in [0.2, 0.25) is 0 Å². The number of nitrogens with two attached hydrogens (primary N) is 1. The highest BCUT2D eigenvalue weighted by molar-refractivity contribution is 5.98. The van der Waals surface area contributed by atoms with E-state index in [0.29, 0.717) is 25.4 Å². The minimum absolute atomic E-state index is 0.0167. The maximum Gasteiger partial charge on any atom is 0.265 e. The van der Waals surface area contributed by atoms with Gasteiger partial charge in [-0.05, 0) is 24.6 Å². The Kier molecular flexibility index (Phi) is 5.16. The molecule has 1 aliphatic rings. The van der Waals surface area contributed by atoms with E-state index in [4.69, 9.17) is 10.5 Å². The van der Waals surface area contributed by atoms with Gasteiger partial charge in [0, 0.05) is 19.5 Å². The molecule has 6 nitrogen and oxygen atoms in total. The lowest BCUT2D eigenvalue weighted by Crippen LogP contribution is -2.41. The number of nitrogens with one attached hydrogen (secondary N) is 1. The van der Waals surface area contributed by atoms with Gasteiger partial charge in [0.05, 0.1) is 5.69 Å². The van der Waals surface area contributed by atoms with Crippen LogP contribution in [-0.4, -0.2) is 38.1 Å². The topological polar surface area (TPSA) is 84.7 Å². The number of ether oxygens (including phenoxy) is 1. The maximum absolute atomic E-state index is 11.9. The summed E-state index contributed by atoms with van der Waals surface area (Å²) in [6.07, 6.45) is 0.261. The van der Waals surface area contributed by atoms with Crippen molar-refractivity contribution in [3.63, 3.8) is 0 Å². The van der Waals surface area contributed by atoms with E-state index in [1.54, 1.807) is 4.90 Å². The number of amides is 2. The Morgan fingerprint density at radius 2 is 2.24 bits per heavy atom. The molecule has 1 aliphatic heterocycles. The van der Waals surface area contributed by atoms with Gasteiger partial charge in [0.15, 0.2) is 6.61 Å². The van der Waals surface area contributed by atoms with E-state index >= 15 is 0 Å². The molecule has 0 aliphatic carbocycles. The summed E-state index contributed by atoms with van der Waals surface area (Å²) in [6, 6.07) is 7.34. The Balaban J connectivity index is 1.91. The van der Waals surface area contributed by atoms with Crippen molar-refractivity contribution in [1.82, 2.24) is 5.32 Å². The minimum Gasteiger partial charge on any atom is -0.482 e. The Hall–Kier alpha value is -2.08. The van der Waals surface area contributed by atoms with Gasteiger partial charge in [0.1, 0.15) is 5.75 Å². The van der Waals surface area contributed by atoms with Crippen LogP contribution >= 0.6 is 0 Å². The summed E-state index contributed by atoms with van der Waals surface area (Å²) in [6.45, 7) is 3.44. The van der Waals surface area contributed by atoms with Crippen LogP contribution in [0.3, 0.4) is 0 Å². The number of rotatable bonds is 6. The highest BCUT2D eigenvalue weighted by Gasteiger charge is 2.25. The van der Waals surface area contributed by atoms with Crippen LogP contribution in [0.25, 0.3) is 0 Å². The van der Waals surface area contributed by atoms with Gasteiger partial charge in [0.25, 0.3) is 5.91 Å². The Morgan fingerprint density at radius 1 is 1.48 bits per heavy atom. The highest BCUT2D eigenvalue weighted by atomic mass is 16.5. The zero-order valence-corrected chi connectivity index (χ0v) is 12.2. The van der Waals surface area contributed by atoms with E-state index in [1.807, 2.05) is 31.2 Å². The third kappa shape index (κ3) is 3.95. The smallest absolute Gasteiger partial charge is 0.265 e. The summed E-state index contributed by atoms with van der Waals surface area (Å²) in [5.74, 6) is 0.720. The standard InChI is InChI=1S/C15H21N3O3/c1-11(8-16)9-17-14(19)6-7-18-12-4-2-3-5-13(12)21-10-15(18)20/h2-5,11H,6-10,16H2,1H3,(H,17,19). The van der Waals surface area contributed by atoms with Gasteiger partial charge < -0.3 is 20.7 Å². The van der Waals surface area contributed by atoms with Crippen molar-refractivity contribution in [2.45, 2.75) is 13.3 Å². The molecule has 1 unspecified atom stereocenters. The first-order valence-electron chi connectivity index (χ1n) is 7.10. The van der Waals surface area contributed by atoms with Gasteiger partial charge in [0.2, 0.25) is 5.91 Å². The summed E-state index contributed by atoms with van der Waals surface area (Å²) in [5, 5.41) is 2.82. The van der Waals surface area contributed by atoms with Crippen LogP contribution in [0.4, 0.5) is 5.69 Å². The summed E-state index contributed by atoms with van der Waals surface area (Å²) >= 11 is 0. The van der Waals surface area contributed by atoms with Crippen LogP contribution in [0, 0.1) is 5.92 Å². The Morgan fingerprint density at radius 3 is 3.00 bits per heavy atom. The van der Waals surface area contributed by atoms with E-state index in [1.165, 1.54) is 0 Å². The predicted octanol–water partition coefficient (Wildman–Crippen LogP) is 0.513. The molecule has 1 aromatic rings. The molecule has 0 spiro atoms. The molecule has 1 heterocycles. The monoisotopic (exact) mass is 291 g/mol. The van der Waals surface area contributed by atoms with Crippen molar-refractivity contribution in [3.05, 3.63) is 24.3 Å². The molecule has 114 valence electrons. The number of anilines is 1. The average Bonchev–Trinajstić information content (AvgIpc) is 2.51. The molecular weight excluding hydrogens is 270 g/mol. The van der Waals surface area contributed by atoms with Gasteiger partial charge in [-0.1, -0.05) is 19.1 Å². The lowest BCUT2D eigenvalue weighted by molar-refractivity contribution is -0.122. The number of hydrogen-bond acceptors (Lipinski definition) is 4. The first-order valence-corrected chi connectivity index (χ1v) is 7.10. The second kappa shape index (κ2) is 7.08. The largest absolute Gasteiger partial charge is 0.482 e. The maximum atomic E-state index is 11.9. The van der Waals surface area contributed by atoms with Gasteiger partial charge >= 0.3 is 0 Å². The molecule has 0 saturated carbocycles. The van der Waals surface area contributed by atoms with Crippen molar-refractivity contribution in [2.75, 3.05) is 31.1 Å². The zero-order chi connectivity index (χ0) is 15.2.